The molecule has 0 fully saturated rings. The summed E-state index contributed by atoms with van der Waals surface area (Å²) < 4.78 is 26.7. The van der Waals surface area contributed by atoms with Gasteiger partial charge in [-0.2, -0.15) is 0 Å². The maximum atomic E-state index is 13.3. The van der Waals surface area contributed by atoms with Gasteiger partial charge in [0.05, 0.1) is 6.04 Å². The summed E-state index contributed by atoms with van der Waals surface area (Å²) in [6, 6.07) is 11.0. The number of benzene rings is 2. The molecule has 1 aliphatic rings. The molecule has 0 amide bonds. The SMILES string of the molecule is NCC1c2cc(F)ccc2CN1c1cccc(F)c1. The Morgan fingerprint density at radius 3 is 2.63 bits per heavy atom. The van der Waals surface area contributed by atoms with Crippen molar-refractivity contribution in [2.75, 3.05) is 11.4 Å². The third kappa shape index (κ3) is 2.08. The van der Waals surface area contributed by atoms with Gasteiger partial charge in [-0.15, -0.1) is 0 Å². The number of rotatable bonds is 2. The molecule has 4 heteroatoms. The quantitative estimate of drug-likeness (QED) is 0.899. The summed E-state index contributed by atoms with van der Waals surface area (Å²) >= 11 is 0. The largest absolute Gasteiger partial charge is 0.359 e. The summed E-state index contributed by atoms with van der Waals surface area (Å²) in [5, 5.41) is 0. The minimum atomic E-state index is -0.282. The predicted molar refractivity (Wildman–Crippen MR) is 70.8 cm³/mol. The first-order chi connectivity index (χ1) is 9.19. The Bertz CT molecular complexity index is 613. The number of nitrogens with two attached hydrogens (primary N) is 1. The molecule has 0 saturated heterocycles. The van der Waals surface area contributed by atoms with E-state index in [1.807, 2.05) is 11.0 Å². The summed E-state index contributed by atoms with van der Waals surface area (Å²) in [4.78, 5) is 2.01. The van der Waals surface area contributed by atoms with Gasteiger partial charge in [-0.25, -0.2) is 8.78 Å². The third-order valence-electron chi connectivity index (χ3n) is 3.55. The maximum absolute atomic E-state index is 13.3. The fraction of sp³-hybridized carbons (Fsp3) is 0.200. The van der Waals surface area contributed by atoms with E-state index >= 15 is 0 Å². The Morgan fingerprint density at radius 1 is 1.11 bits per heavy atom. The zero-order valence-corrected chi connectivity index (χ0v) is 10.3. The molecule has 1 aliphatic heterocycles. The van der Waals surface area contributed by atoms with Crippen LogP contribution in [0.4, 0.5) is 14.5 Å². The van der Waals surface area contributed by atoms with E-state index in [1.54, 1.807) is 12.1 Å². The van der Waals surface area contributed by atoms with E-state index in [4.69, 9.17) is 5.73 Å². The van der Waals surface area contributed by atoms with Crippen LogP contribution in [0.5, 0.6) is 0 Å². The lowest BCUT2D eigenvalue weighted by atomic mass is 10.0. The standard InChI is InChI=1S/C15H14F2N2/c16-11-2-1-3-13(6-11)19-9-10-4-5-12(17)7-14(10)15(19)8-18/h1-7,15H,8-9,18H2. The molecular weight excluding hydrogens is 246 g/mol. The lowest BCUT2D eigenvalue weighted by molar-refractivity contribution is 0.616. The van der Waals surface area contributed by atoms with E-state index in [-0.39, 0.29) is 17.7 Å². The van der Waals surface area contributed by atoms with E-state index < -0.39 is 0 Å². The average Bonchev–Trinajstić information content (AvgIpc) is 2.76. The molecule has 0 aliphatic carbocycles. The molecule has 0 aromatic heterocycles. The first-order valence-corrected chi connectivity index (χ1v) is 6.19. The van der Waals surface area contributed by atoms with E-state index in [9.17, 15) is 8.78 Å². The van der Waals surface area contributed by atoms with Crippen LogP contribution < -0.4 is 10.6 Å². The minimum absolute atomic E-state index is 0.104. The summed E-state index contributed by atoms with van der Waals surface area (Å²) in [6.45, 7) is 0.994. The van der Waals surface area contributed by atoms with Gasteiger partial charge in [0.2, 0.25) is 0 Å². The monoisotopic (exact) mass is 260 g/mol. The first-order valence-electron chi connectivity index (χ1n) is 6.19. The normalized spacial score (nSPS) is 17.6. The second kappa shape index (κ2) is 4.63. The topological polar surface area (TPSA) is 29.3 Å². The zero-order valence-electron chi connectivity index (χ0n) is 10.3. The Kier molecular flexibility index (Phi) is 2.95. The Labute approximate surface area is 110 Å². The van der Waals surface area contributed by atoms with Crippen molar-refractivity contribution in [3.8, 4) is 0 Å². The molecule has 3 rings (SSSR count). The summed E-state index contributed by atoms with van der Waals surface area (Å²) in [7, 11) is 0. The van der Waals surface area contributed by atoms with Gasteiger partial charge in [-0.1, -0.05) is 12.1 Å². The Hall–Kier alpha value is -1.94. The van der Waals surface area contributed by atoms with Crippen LogP contribution in [0.2, 0.25) is 0 Å². The van der Waals surface area contributed by atoms with Crippen LogP contribution in [0.25, 0.3) is 0 Å². The first kappa shape index (κ1) is 12.1. The number of hydrogen-bond acceptors (Lipinski definition) is 2. The average molecular weight is 260 g/mol. The molecular formula is C15H14F2N2. The lowest BCUT2D eigenvalue weighted by Gasteiger charge is -2.26. The van der Waals surface area contributed by atoms with Crippen molar-refractivity contribution in [2.45, 2.75) is 12.6 Å². The zero-order chi connectivity index (χ0) is 13.4. The highest BCUT2D eigenvalue weighted by Crippen LogP contribution is 2.37. The highest BCUT2D eigenvalue weighted by atomic mass is 19.1. The summed E-state index contributed by atoms with van der Waals surface area (Å²) in [5.41, 5.74) is 8.51. The molecule has 2 aromatic rings. The van der Waals surface area contributed by atoms with Crippen molar-refractivity contribution in [3.63, 3.8) is 0 Å². The van der Waals surface area contributed by atoms with Crippen LogP contribution >= 0.6 is 0 Å². The molecule has 98 valence electrons. The van der Waals surface area contributed by atoms with Crippen molar-refractivity contribution in [3.05, 3.63) is 65.2 Å². The number of fused-ring (bicyclic) bond motifs is 1. The molecule has 1 unspecified atom stereocenters. The van der Waals surface area contributed by atoms with Crippen LogP contribution in [0, 0.1) is 11.6 Å². The van der Waals surface area contributed by atoms with Crippen molar-refractivity contribution in [1.82, 2.24) is 0 Å². The van der Waals surface area contributed by atoms with Gasteiger partial charge in [0, 0.05) is 18.8 Å². The fourth-order valence-corrected chi connectivity index (χ4v) is 2.66. The molecule has 1 atom stereocenters. The molecule has 0 spiro atoms. The number of nitrogens with zero attached hydrogens (tertiary/aromatic N) is 1. The minimum Gasteiger partial charge on any atom is -0.359 e. The van der Waals surface area contributed by atoms with Crippen molar-refractivity contribution >= 4 is 5.69 Å². The van der Waals surface area contributed by atoms with Crippen LogP contribution in [-0.4, -0.2) is 6.54 Å². The second-order valence-corrected chi connectivity index (χ2v) is 4.70. The lowest BCUT2D eigenvalue weighted by Crippen LogP contribution is -2.27. The van der Waals surface area contributed by atoms with Gasteiger partial charge in [-0.3, -0.25) is 0 Å². The molecule has 0 saturated carbocycles. The highest BCUT2D eigenvalue weighted by Gasteiger charge is 2.29. The molecule has 0 bridgehead atoms. The number of hydrogen-bond donors (Lipinski definition) is 1. The number of anilines is 1. The molecule has 2 nitrogen and oxygen atoms in total. The van der Waals surface area contributed by atoms with Crippen LogP contribution in [-0.2, 0) is 6.54 Å². The number of halogens is 2. The van der Waals surface area contributed by atoms with Crippen molar-refractivity contribution in [2.24, 2.45) is 5.73 Å². The van der Waals surface area contributed by atoms with Gasteiger partial charge in [-0.05, 0) is 41.5 Å². The molecule has 19 heavy (non-hydrogen) atoms. The van der Waals surface area contributed by atoms with E-state index in [0.29, 0.717) is 13.1 Å². The molecule has 0 radical (unpaired) electrons. The van der Waals surface area contributed by atoms with E-state index in [2.05, 4.69) is 0 Å². The van der Waals surface area contributed by atoms with E-state index in [0.717, 1.165) is 16.8 Å². The molecule has 1 heterocycles. The van der Waals surface area contributed by atoms with E-state index in [1.165, 1.54) is 24.3 Å². The highest BCUT2D eigenvalue weighted by molar-refractivity contribution is 5.55. The Morgan fingerprint density at radius 2 is 1.89 bits per heavy atom. The van der Waals surface area contributed by atoms with Crippen LogP contribution in [0.15, 0.2) is 42.5 Å². The van der Waals surface area contributed by atoms with Crippen molar-refractivity contribution in [1.29, 1.82) is 0 Å². The van der Waals surface area contributed by atoms with Crippen LogP contribution in [0.3, 0.4) is 0 Å². The fourth-order valence-electron chi connectivity index (χ4n) is 2.66. The Balaban J connectivity index is 2.02. The third-order valence-corrected chi connectivity index (χ3v) is 3.55. The molecule has 2 N–H and O–H groups in total. The predicted octanol–water partition coefficient (Wildman–Crippen LogP) is 2.98. The van der Waals surface area contributed by atoms with Gasteiger partial charge in [0.15, 0.2) is 0 Å². The van der Waals surface area contributed by atoms with Gasteiger partial charge in [0.1, 0.15) is 11.6 Å². The van der Waals surface area contributed by atoms with Crippen LogP contribution in [0.1, 0.15) is 17.2 Å². The molecule has 2 aromatic carbocycles. The van der Waals surface area contributed by atoms with Gasteiger partial charge >= 0.3 is 0 Å². The second-order valence-electron chi connectivity index (χ2n) is 4.70. The smallest absolute Gasteiger partial charge is 0.125 e. The van der Waals surface area contributed by atoms with Gasteiger partial charge < -0.3 is 10.6 Å². The van der Waals surface area contributed by atoms with Gasteiger partial charge in [0.25, 0.3) is 0 Å². The summed E-state index contributed by atoms with van der Waals surface area (Å²) in [5.74, 6) is -0.547. The van der Waals surface area contributed by atoms with Crippen molar-refractivity contribution < 1.29 is 8.78 Å². The summed E-state index contributed by atoms with van der Waals surface area (Å²) in [6.07, 6.45) is 0. The maximum Gasteiger partial charge on any atom is 0.125 e.